The van der Waals surface area contributed by atoms with Crippen LogP contribution in [0.2, 0.25) is 0 Å². The van der Waals surface area contributed by atoms with Gasteiger partial charge in [-0.25, -0.2) is 4.98 Å². The Balaban J connectivity index is 2.67. The fraction of sp³-hybridized carbons (Fsp3) is 0.231. The van der Waals surface area contributed by atoms with Gasteiger partial charge < -0.3 is 14.6 Å². The van der Waals surface area contributed by atoms with Crippen LogP contribution in [0.3, 0.4) is 0 Å². The second kappa shape index (κ2) is 4.41. The highest BCUT2D eigenvalue weighted by molar-refractivity contribution is 5.85. The minimum atomic E-state index is -1.11. The maximum Gasteiger partial charge on any atom is 0.217 e. The first-order valence-electron chi connectivity index (χ1n) is 5.30. The number of hydrogen-bond acceptors (Lipinski definition) is 3. The smallest absolute Gasteiger partial charge is 0.217 e. The summed E-state index contributed by atoms with van der Waals surface area (Å²) in [7, 11) is 1.57. The number of aliphatic carboxylic acids is 1. The molecule has 1 N–H and O–H groups in total. The summed E-state index contributed by atoms with van der Waals surface area (Å²) in [6, 6.07) is 7.52. The number of H-pyrrole nitrogens is 1. The lowest BCUT2D eigenvalue weighted by Gasteiger charge is -2.05. The van der Waals surface area contributed by atoms with Crippen molar-refractivity contribution in [2.45, 2.75) is 13.3 Å². The minimum absolute atomic E-state index is 0.152. The summed E-state index contributed by atoms with van der Waals surface area (Å²) < 4.78 is 5.27. The number of carbonyl (C=O) groups is 1. The molecule has 1 heterocycles. The number of aryl methyl sites for hydroxylation is 1. The van der Waals surface area contributed by atoms with Gasteiger partial charge in [0.1, 0.15) is 5.75 Å². The number of carbonyl (C=O) groups excluding carboxylic acids is 1. The largest absolute Gasteiger partial charge is 0.550 e. The van der Waals surface area contributed by atoms with Gasteiger partial charge in [-0.05, 0) is 13.0 Å². The third-order valence-corrected chi connectivity index (χ3v) is 2.68. The van der Waals surface area contributed by atoms with Gasteiger partial charge >= 0.3 is 0 Å². The summed E-state index contributed by atoms with van der Waals surface area (Å²) in [5.41, 5.74) is 2.51. The number of para-hydroxylation sites is 1. The van der Waals surface area contributed by atoms with Gasteiger partial charge in [-0.15, -0.1) is 0 Å². The molecule has 0 aliphatic heterocycles. The van der Waals surface area contributed by atoms with E-state index in [1.54, 1.807) is 13.2 Å². The molecular weight excluding hydrogens is 218 g/mol. The Morgan fingerprint density at radius 1 is 1.47 bits per heavy atom. The molecule has 4 nitrogen and oxygen atoms in total. The number of nitrogens with one attached hydrogen (secondary N) is 1. The predicted molar refractivity (Wildman–Crippen MR) is 60.5 cm³/mol. The normalized spacial score (nSPS) is 10.5. The van der Waals surface area contributed by atoms with Crippen molar-refractivity contribution >= 4 is 16.9 Å². The lowest BCUT2D eigenvalue weighted by molar-refractivity contribution is -0.362. The van der Waals surface area contributed by atoms with Gasteiger partial charge in [0, 0.05) is 11.6 Å². The fourth-order valence-corrected chi connectivity index (χ4v) is 1.89. The molecule has 0 saturated carbocycles. The summed E-state index contributed by atoms with van der Waals surface area (Å²) >= 11 is 0. The molecule has 17 heavy (non-hydrogen) atoms. The zero-order valence-electron chi connectivity index (χ0n) is 9.74. The molecular formula is C13H13NO3. The van der Waals surface area contributed by atoms with E-state index >= 15 is 0 Å². The van der Waals surface area contributed by atoms with E-state index in [4.69, 9.17) is 4.74 Å². The molecule has 2 rings (SSSR count). The lowest BCUT2D eigenvalue weighted by atomic mass is 10.1. The predicted octanol–water partition coefficient (Wildman–Crippen LogP) is 0.263. The Morgan fingerprint density at radius 2 is 2.24 bits per heavy atom. The highest BCUT2D eigenvalue weighted by Gasteiger charge is 2.13. The number of fused-ring (bicyclic) bond motifs is 1. The van der Waals surface area contributed by atoms with Crippen LogP contribution < -0.4 is 14.8 Å². The van der Waals surface area contributed by atoms with Crippen LogP contribution in [0.1, 0.15) is 11.3 Å². The first kappa shape index (κ1) is 11.4. The molecule has 0 spiro atoms. The van der Waals surface area contributed by atoms with E-state index in [1.807, 2.05) is 25.1 Å². The molecule has 1 aromatic heterocycles. The van der Waals surface area contributed by atoms with Gasteiger partial charge in [0.05, 0.1) is 24.9 Å². The van der Waals surface area contributed by atoms with Crippen molar-refractivity contribution in [3.05, 3.63) is 35.5 Å². The van der Waals surface area contributed by atoms with Crippen LogP contribution in [0.5, 0.6) is 5.75 Å². The van der Waals surface area contributed by atoms with Crippen LogP contribution in [0, 0.1) is 6.92 Å². The summed E-state index contributed by atoms with van der Waals surface area (Å²) in [6.07, 6.45) is -0.152. The molecule has 2 aromatic rings. The van der Waals surface area contributed by atoms with E-state index in [0.717, 1.165) is 16.5 Å². The van der Waals surface area contributed by atoms with Crippen LogP contribution in [0.4, 0.5) is 0 Å². The maximum atomic E-state index is 10.6. The Labute approximate surface area is 98.9 Å². The highest BCUT2D eigenvalue weighted by atomic mass is 16.5. The van der Waals surface area contributed by atoms with Crippen molar-refractivity contribution in [1.82, 2.24) is 0 Å². The summed E-state index contributed by atoms with van der Waals surface area (Å²) in [4.78, 5) is 13.7. The van der Waals surface area contributed by atoms with Crippen molar-refractivity contribution in [3.63, 3.8) is 0 Å². The van der Waals surface area contributed by atoms with E-state index in [0.29, 0.717) is 11.4 Å². The second-order valence-electron chi connectivity index (χ2n) is 3.91. The van der Waals surface area contributed by atoms with Crippen LogP contribution >= 0.6 is 0 Å². The maximum absolute atomic E-state index is 10.6. The average molecular weight is 231 g/mol. The second-order valence-corrected chi connectivity index (χ2v) is 3.91. The Hall–Kier alpha value is -2.10. The van der Waals surface area contributed by atoms with Gasteiger partial charge in [0.2, 0.25) is 5.52 Å². The number of methoxy groups -OCH3 is 1. The van der Waals surface area contributed by atoms with Crippen molar-refractivity contribution in [3.8, 4) is 5.75 Å². The highest BCUT2D eigenvalue weighted by Crippen LogP contribution is 2.24. The first-order valence-corrected chi connectivity index (χ1v) is 5.30. The number of carboxylic acids is 1. The number of pyridine rings is 1. The molecule has 0 unspecified atom stereocenters. The van der Waals surface area contributed by atoms with E-state index in [-0.39, 0.29) is 6.42 Å². The Morgan fingerprint density at radius 3 is 2.88 bits per heavy atom. The number of benzene rings is 1. The van der Waals surface area contributed by atoms with Crippen LogP contribution in [0.25, 0.3) is 10.9 Å². The molecule has 0 radical (unpaired) electrons. The lowest BCUT2D eigenvalue weighted by Crippen LogP contribution is -2.28. The topological polar surface area (TPSA) is 63.5 Å². The molecule has 88 valence electrons. The van der Waals surface area contributed by atoms with Crippen molar-refractivity contribution in [2.75, 3.05) is 7.11 Å². The van der Waals surface area contributed by atoms with Gasteiger partial charge in [0.15, 0.2) is 5.69 Å². The van der Waals surface area contributed by atoms with E-state index in [1.165, 1.54) is 0 Å². The summed E-state index contributed by atoms with van der Waals surface area (Å²) in [5.74, 6) is -0.449. The van der Waals surface area contributed by atoms with Crippen molar-refractivity contribution < 1.29 is 19.6 Å². The molecule has 0 aliphatic carbocycles. The minimum Gasteiger partial charge on any atom is -0.550 e. The molecule has 0 aliphatic rings. The zero-order valence-corrected chi connectivity index (χ0v) is 9.74. The molecule has 0 atom stereocenters. The number of aromatic nitrogens is 1. The molecule has 0 bridgehead atoms. The number of aromatic amines is 1. The molecule has 1 aromatic carbocycles. The molecule has 0 fully saturated rings. The standard InChI is InChI=1S/C13H13NO3/c1-8-4-3-5-10-11(17-2)6-9(7-12(15)16)14-13(8)10/h3-6H,7H2,1-2H3,(H,15,16). The van der Waals surface area contributed by atoms with E-state index < -0.39 is 5.97 Å². The molecule has 4 heteroatoms. The first-order chi connectivity index (χ1) is 8.11. The van der Waals surface area contributed by atoms with Crippen LogP contribution in [-0.4, -0.2) is 13.1 Å². The van der Waals surface area contributed by atoms with Gasteiger partial charge in [0.25, 0.3) is 0 Å². The molecule has 0 amide bonds. The Bertz CT molecular complexity index is 578. The van der Waals surface area contributed by atoms with Crippen LogP contribution in [0.15, 0.2) is 24.3 Å². The Kier molecular flexibility index (Phi) is 2.95. The van der Waals surface area contributed by atoms with Gasteiger partial charge in [-0.1, -0.05) is 12.1 Å². The SMILES string of the molecule is COc1cc(CC(=O)[O-])[nH+]c2c(C)cccc12. The van der Waals surface area contributed by atoms with Crippen molar-refractivity contribution in [1.29, 1.82) is 0 Å². The van der Waals surface area contributed by atoms with Crippen molar-refractivity contribution in [2.24, 2.45) is 0 Å². The monoisotopic (exact) mass is 231 g/mol. The van der Waals surface area contributed by atoms with Gasteiger partial charge in [-0.2, -0.15) is 0 Å². The van der Waals surface area contributed by atoms with Crippen LogP contribution in [-0.2, 0) is 11.2 Å². The zero-order chi connectivity index (χ0) is 12.4. The number of hydrogen-bond donors (Lipinski definition) is 0. The third-order valence-electron chi connectivity index (χ3n) is 2.68. The number of ether oxygens (including phenoxy) is 1. The molecule has 0 saturated heterocycles. The number of rotatable bonds is 3. The van der Waals surface area contributed by atoms with Gasteiger partial charge in [-0.3, -0.25) is 0 Å². The average Bonchev–Trinajstić information content (AvgIpc) is 2.28. The summed E-state index contributed by atoms with van der Waals surface area (Å²) in [6.45, 7) is 1.96. The van der Waals surface area contributed by atoms with E-state index in [9.17, 15) is 9.90 Å². The third kappa shape index (κ3) is 2.20. The van der Waals surface area contributed by atoms with E-state index in [2.05, 4.69) is 4.98 Å². The quantitative estimate of drug-likeness (QED) is 0.761. The fourth-order valence-electron chi connectivity index (χ4n) is 1.89. The number of carboxylic acid groups (broad SMARTS) is 1. The summed E-state index contributed by atoms with van der Waals surface area (Å²) in [5, 5.41) is 11.6.